The molecule has 3 rings (SSSR count). The molecule has 0 unspecified atom stereocenters. The minimum Gasteiger partial charge on any atom is -0.479 e. The molecule has 8 heteroatoms. The molecule has 0 spiro atoms. The Morgan fingerprint density at radius 1 is 1.35 bits per heavy atom. The van der Waals surface area contributed by atoms with E-state index >= 15 is 0 Å². The van der Waals surface area contributed by atoms with E-state index in [0.29, 0.717) is 16.2 Å². The lowest BCUT2D eigenvalue weighted by Gasteiger charge is -2.08. The number of furan rings is 1. The molecular formula is C18H15FN2O4S. The highest BCUT2D eigenvalue weighted by Crippen LogP contribution is 2.29. The number of nitrogens with one attached hydrogen (secondary N) is 1. The zero-order valence-electron chi connectivity index (χ0n) is 13.7. The first-order valence-electron chi connectivity index (χ1n) is 7.82. The van der Waals surface area contributed by atoms with Gasteiger partial charge in [-0.3, -0.25) is 4.79 Å². The quantitative estimate of drug-likeness (QED) is 0.783. The number of carboxylic acids is 1. The van der Waals surface area contributed by atoms with Crippen LogP contribution >= 0.6 is 11.8 Å². The molecule has 0 saturated carbocycles. The topological polar surface area (TPSA) is 91.9 Å². The lowest BCUT2D eigenvalue weighted by Crippen LogP contribution is -2.22. The summed E-state index contributed by atoms with van der Waals surface area (Å²) in [4.78, 5) is 28.0. The van der Waals surface area contributed by atoms with Crippen LogP contribution in [0.25, 0.3) is 6.08 Å². The fourth-order valence-electron chi connectivity index (χ4n) is 2.31. The SMILES string of the molecule is CCc1ccc(/C=C2\SC(=N[C@@H](C(=O)O)c3ccc(F)cc3)NC2=O)o1. The Kier molecular flexibility index (Phi) is 5.22. The van der Waals surface area contributed by atoms with Crippen molar-refractivity contribution in [3.8, 4) is 0 Å². The van der Waals surface area contributed by atoms with Gasteiger partial charge in [-0.05, 0) is 41.6 Å². The Labute approximate surface area is 152 Å². The van der Waals surface area contributed by atoms with Crippen molar-refractivity contribution in [2.24, 2.45) is 4.99 Å². The molecule has 1 atom stereocenters. The summed E-state index contributed by atoms with van der Waals surface area (Å²) in [5.41, 5.74) is 0.317. The third-order valence-corrected chi connectivity index (χ3v) is 4.55. The van der Waals surface area contributed by atoms with Gasteiger partial charge < -0.3 is 14.8 Å². The van der Waals surface area contributed by atoms with Crippen LogP contribution in [0.5, 0.6) is 0 Å². The van der Waals surface area contributed by atoms with E-state index in [4.69, 9.17) is 4.42 Å². The monoisotopic (exact) mass is 374 g/mol. The average molecular weight is 374 g/mol. The maximum absolute atomic E-state index is 13.0. The van der Waals surface area contributed by atoms with Crippen molar-refractivity contribution in [1.29, 1.82) is 0 Å². The maximum Gasteiger partial charge on any atom is 0.333 e. The van der Waals surface area contributed by atoms with E-state index in [1.165, 1.54) is 24.3 Å². The van der Waals surface area contributed by atoms with Gasteiger partial charge in [0.15, 0.2) is 11.2 Å². The molecule has 1 saturated heterocycles. The number of amides is 1. The van der Waals surface area contributed by atoms with Crippen molar-refractivity contribution < 1.29 is 23.5 Å². The summed E-state index contributed by atoms with van der Waals surface area (Å²) in [6.07, 6.45) is 2.32. The fourth-order valence-corrected chi connectivity index (χ4v) is 3.14. The molecule has 0 bridgehead atoms. The first kappa shape index (κ1) is 17.9. The molecule has 6 nitrogen and oxygen atoms in total. The van der Waals surface area contributed by atoms with Gasteiger partial charge in [0, 0.05) is 12.5 Å². The standard InChI is InChI=1S/C18H15FN2O4S/c1-2-12-7-8-13(25-12)9-14-16(22)21-18(26-14)20-15(17(23)24)10-3-5-11(19)6-4-10/h3-9,15H,2H2,1H3,(H,23,24)(H,20,21,22)/b14-9-/t15-/m1/s1. The van der Waals surface area contributed by atoms with Crippen molar-refractivity contribution in [3.63, 3.8) is 0 Å². The zero-order chi connectivity index (χ0) is 18.7. The first-order chi connectivity index (χ1) is 12.5. The van der Waals surface area contributed by atoms with Crippen molar-refractivity contribution in [2.75, 3.05) is 0 Å². The van der Waals surface area contributed by atoms with Crippen LogP contribution in [0.15, 0.2) is 50.7 Å². The number of amidine groups is 1. The molecule has 2 aromatic rings. The van der Waals surface area contributed by atoms with Crippen LogP contribution in [0.1, 0.15) is 30.0 Å². The molecule has 1 aliphatic heterocycles. The number of carbonyl (C=O) groups is 2. The number of hydrogen-bond acceptors (Lipinski definition) is 5. The Morgan fingerprint density at radius 2 is 2.08 bits per heavy atom. The van der Waals surface area contributed by atoms with Gasteiger partial charge >= 0.3 is 5.97 Å². The molecule has 2 N–H and O–H groups in total. The van der Waals surface area contributed by atoms with E-state index in [9.17, 15) is 19.1 Å². The predicted octanol–water partition coefficient (Wildman–Crippen LogP) is 3.37. The van der Waals surface area contributed by atoms with Gasteiger partial charge in [0.25, 0.3) is 5.91 Å². The number of aliphatic imine (C=N–C) groups is 1. The summed E-state index contributed by atoms with van der Waals surface area (Å²) in [6.45, 7) is 1.96. The van der Waals surface area contributed by atoms with Crippen LogP contribution in [0.2, 0.25) is 0 Å². The lowest BCUT2D eigenvalue weighted by atomic mass is 10.1. The predicted molar refractivity (Wildman–Crippen MR) is 96.0 cm³/mol. The molecule has 2 heterocycles. The van der Waals surface area contributed by atoms with Gasteiger partial charge in [0.1, 0.15) is 17.3 Å². The number of carbonyl (C=O) groups excluding carboxylic acids is 1. The highest BCUT2D eigenvalue weighted by Gasteiger charge is 2.27. The van der Waals surface area contributed by atoms with E-state index in [1.54, 1.807) is 12.1 Å². The van der Waals surface area contributed by atoms with Crippen LogP contribution in [-0.2, 0) is 16.0 Å². The second-order valence-electron chi connectivity index (χ2n) is 5.45. The molecule has 1 amide bonds. The molecule has 0 radical (unpaired) electrons. The summed E-state index contributed by atoms with van der Waals surface area (Å²) in [7, 11) is 0. The number of rotatable bonds is 5. The van der Waals surface area contributed by atoms with E-state index in [2.05, 4.69) is 10.3 Å². The fraction of sp³-hybridized carbons (Fsp3) is 0.167. The van der Waals surface area contributed by atoms with E-state index < -0.39 is 17.8 Å². The van der Waals surface area contributed by atoms with E-state index in [1.807, 2.05) is 13.0 Å². The van der Waals surface area contributed by atoms with Gasteiger partial charge in [-0.25, -0.2) is 14.2 Å². The molecule has 1 fully saturated rings. The van der Waals surface area contributed by atoms with Gasteiger partial charge in [-0.2, -0.15) is 0 Å². The van der Waals surface area contributed by atoms with Crippen LogP contribution in [-0.4, -0.2) is 22.2 Å². The second-order valence-corrected chi connectivity index (χ2v) is 6.48. The van der Waals surface area contributed by atoms with Crippen LogP contribution in [0.3, 0.4) is 0 Å². The van der Waals surface area contributed by atoms with Crippen LogP contribution < -0.4 is 5.32 Å². The summed E-state index contributed by atoms with van der Waals surface area (Å²) in [5.74, 6) is -0.712. The summed E-state index contributed by atoms with van der Waals surface area (Å²) in [5, 5.41) is 12.1. The second kappa shape index (κ2) is 7.57. The first-order valence-corrected chi connectivity index (χ1v) is 8.63. The highest BCUT2D eigenvalue weighted by molar-refractivity contribution is 8.18. The Bertz CT molecular complexity index is 902. The molecule has 134 valence electrons. The maximum atomic E-state index is 13.0. The molecular weight excluding hydrogens is 359 g/mol. The third-order valence-electron chi connectivity index (χ3n) is 3.62. The molecule has 1 aromatic carbocycles. The average Bonchev–Trinajstić information content (AvgIpc) is 3.20. The number of hydrogen-bond donors (Lipinski definition) is 2. The number of aliphatic carboxylic acids is 1. The van der Waals surface area contributed by atoms with Crippen molar-refractivity contribution in [2.45, 2.75) is 19.4 Å². The summed E-state index contributed by atoms with van der Waals surface area (Å²) >= 11 is 1.03. The molecule has 1 aromatic heterocycles. The summed E-state index contributed by atoms with van der Waals surface area (Å²) < 4.78 is 18.6. The Hall–Kier alpha value is -2.87. The number of benzene rings is 1. The van der Waals surface area contributed by atoms with Gasteiger partial charge in [-0.15, -0.1) is 0 Å². The summed E-state index contributed by atoms with van der Waals surface area (Å²) in [6, 6.07) is 7.38. The molecule has 26 heavy (non-hydrogen) atoms. The van der Waals surface area contributed by atoms with Gasteiger partial charge in [-0.1, -0.05) is 19.1 Å². The van der Waals surface area contributed by atoms with Crippen molar-refractivity contribution in [1.82, 2.24) is 5.32 Å². The molecule has 0 aliphatic carbocycles. The smallest absolute Gasteiger partial charge is 0.333 e. The minimum absolute atomic E-state index is 0.167. The minimum atomic E-state index is -1.24. The van der Waals surface area contributed by atoms with Gasteiger partial charge in [0.05, 0.1) is 4.91 Å². The van der Waals surface area contributed by atoms with Crippen molar-refractivity contribution in [3.05, 3.63) is 64.2 Å². The number of halogens is 1. The van der Waals surface area contributed by atoms with Crippen LogP contribution in [0, 0.1) is 5.82 Å². The number of thioether (sulfide) groups is 1. The van der Waals surface area contributed by atoms with Crippen LogP contribution in [0.4, 0.5) is 4.39 Å². The Balaban J connectivity index is 1.83. The van der Waals surface area contributed by atoms with E-state index in [0.717, 1.165) is 23.9 Å². The highest BCUT2D eigenvalue weighted by atomic mass is 32.2. The largest absolute Gasteiger partial charge is 0.479 e. The zero-order valence-corrected chi connectivity index (χ0v) is 14.5. The van der Waals surface area contributed by atoms with Gasteiger partial charge in [0.2, 0.25) is 0 Å². The Morgan fingerprint density at radius 3 is 2.69 bits per heavy atom. The number of aryl methyl sites for hydroxylation is 1. The number of nitrogens with zero attached hydrogens (tertiary/aromatic N) is 1. The number of carboxylic acid groups (broad SMARTS) is 1. The van der Waals surface area contributed by atoms with E-state index in [-0.39, 0.29) is 11.1 Å². The van der Waals surface area contributed by atoms with Crippen molar-refractivity contribution >= 4 is 34.9 Å². The normalized spacial score (nSPS) is 18.3. The molecule has 1 aliphatic rings. The lowest BCUT2D eigenvalue weighted by molar-refractivity contribution is -0.138. The third kappa shape index (κ3) is 4.02.